The van der Waals surface area contributed by atoms with Crippen molar-refractivity contribution in [2.75, 3.05) is 6.54 Å². The van der Waals surface area contributed by atoms with E-state index < -0.39 is 40.3 Å². The summed E-state index contributed by atoms with van der Waals surface area (Å²) >= 11 is 0. The molecule has 2 atom stereocenters. The Morgan fingerprint density at radius 3 is 2.57 bits per heavy atom. The second kappa shape index (κ2) is 5.46. The Balaban J connectivity index is 2.06. The highest BCUT2D eigenvalue weighted by Gasteiger charge is 2.49. The van der Waals surface area contributed by atoms with E-state index in [2.05, 4.69) is 15.1 Å². The van der Waals surface area contributed by atoms with Crippen molar-refractivity contribution in [2.24, 2.45) is 0 Å². The molecule has 4 amide bonds. The Labute approximate surface area is 120 Å². The molecule has 2 rings (SSSR count). The topological polar surface area (TPSA) is 145 Å². The van der Waals surface area contributed by atoms with Crippen molar-refractivity contribution in [2.45, 2.75) is 31.8 Å². The average molecular weight is 322 g/mol. The first kappa shape index (κ1) is 15.5. The van der Waals surface area contributed by atoms with Crippen molar-refractivity contribution in [1.29, 1.82) is 0 Å². The maximum atomic E-state index is 12.0. The summed E-state index contributed by atoms with van der Waals surface area (Å²) in [6.45, 7) is 1.30. The van der Waals surface area contributed by atoms with E-state index in [1.165, 1.54) is 6.92 Å². The van der Waals surface area contributed by atoms with E-state index in [1.54, 1.807) is 0 Å². The lowest BCUT2D eigenvalue weighted by molar-refractivity contribution is -0.131. The third kappa shape index (κ3) is 3.40. The van der Waals surface area contributed by atoms with E-state index in [4.69, 9.17) is 4.55 Å². The van der Waals surface area contributed by atoms with Crippen molar-refractivity contribution < 1.29 is 31.6 Å². The van der Waals surface area contributed by atoms with Crippen molar-refractivity contribution in [1.82, 2.24) is 20.8 Å². The van der Waals surface area contributed by atoms with Gasteiger partial charge in [0.1, 0.15) is 6.04 Å². The Bertz CT molecular complexity index is 577. The van der Waals surface area contributed by atoms with Gasteiger partial charge in [0, 0.05) is 13.5 Å². The van der Waals surface area contributed by atoms with E-state index in [-0.39, 0.29) is 13.0 Å². The van der Waals surface area contributed by atoms with Gasteiger partial charge < -0.3 is 4.90 Å². The highest BCUT2D eigenvalue weighted by atomic mass is 32.3. The van der Waals surface area contributed by atoms with Crippen LogP contribution in [-0.2, 0) is 24.3 Å². The minimum absolute atomic E-state index is 0.0898. The van der Waals surface area contributed by atoms with Crippen LogP contribution in [-0.4, -0.2) is 59.4 Å². The van der Waals surface area contributed by atoms with Crippen LogP contribution < -0.4 is 10.9 Å². The summed E-state index contributed by atoms with van der Waals surface area (Å²) in [7, 11) is -4.82. The number of hydroxylamine groups is 2. The van der Waals surface area contributed by atoms with Crippen molar-refractivity contribution in [3.8, 4) is 0 Å². The number of hydrogen-bond donors (Lipinski definition) is 3. The largest absolute Gasteiger partial charge is 0.418 e. The number of piperidine rings is 1. The second-order valence-electron chi connectivity index (χ2n) is 4.68. The van der Waals surface area contributed by atoms with Gasteiger partial charge in [0.2, 0.25) is 5.91 Å². The molecule has 118 valence electrons. The summed E-state index contributed by atoms with van der Waals surface area (Å²) < 4.78 is 34.3. The van der Waals surface area contributed by atoms with Gasteiger partial charge in [-0.05, 0) is 12.8 Å². The molecule has 0 aromatic rings. The highest BCUT2D eigenvalue weighted by Crippen LogP contribution is 2.30. The fraction of sp³-hybridized carbons (Fsp3) is 0.667. The Hall–Kier alpha value is -1.92. The van der Waals surface area contributed by atoms with Crippen LogP contribution in [0, 0.1) is 0 Å². The molecule has 21 heavy (non-hydrogen) atoms. The van der Waals surface area contributed by atoms with Gasteiger partial charge in [0.25, 0.3) is 5.91 Å². The molecular formula is C9H14N4O7S. The number of hydrogen-bond acceptors (Lipinski definition) is 6. The molecule has 0 saturated carbocycles. The molecular weight excluding hydrogens is 308 g/mol. The van der Waals surface area contributed by atoms with E-state index in [1.807, 2.05) is 0 Å². The molecule has 2 saturated heterocycles. The van der Waals surface area contributed by atoms with Crippen LogP contribution in [0.2, 0.25) is 0 Å². The number of carbonyl (C=O) groups is 3. The second-order valence-corrected chi connectivity index (χ2v) is 5.68. The van der Waals surface area contributed by atoms with Gasteiger partial charge >= 0.3 is 16.4 Å². The first-order chi connectivity index (χ1) is 9.69. The molecule has 0 aliphatic carbocycles. The maximum Gasteiger partial charge on any atom is 0.418 e. The van der Waals surface area contributed by atoms with Crippen LogP contribution in [0.25, 0.3) is 0 Å². The zero-order valence-electron chi connectivity index (χ0n) is 11.0. The first-order valence-corrected chi connectivity index (χ1v) is 7.39. The number of hydrazine groups is 1. The summed E-state index contributed by atoms with van der Waals surface area (Å²) in [5.74, 6) is -1.06. The van der Waals surface area contributed by atoms with Gasteiger partial charge in [-0.1, -0.05) is 0 Å². The van der Waals surface area contributed by atoms with Crippen LogP contribution in [0.5, 0.6) is 0 Å². The SMILES string of the molecule is CC(=O)NNC(=O)C1CCC2CN1C(=O)N2OS(=O)(=O)O. The molecule has 2 heterocycles. The Kier molecular flexibility index (Phi) is 4.02. The monoisotopic (exact) mass is 322 g/mol. The normalized spacial score (nSPS) is 25.0. The minimum Gasteiger partial charge on any atom is -0.309 e. The molecule has 2 unspecified atom stereocenters. The lowest BCUT2D eigenvalue weighted by atomic mass is 10.0. The number of carbonyl (C=O) groups excluding carboxylic acids is 3. The van der Waals surface area contributed by atoms with E-state index in [0.717, 1.165) is 4.90 Å². The molecule has 0 spiro atoms. The van der Waals surface area contributed by atoms with Crippen molar-refractivity contribution in [3.05, 3.63) is 0 Å². The Morgan fingerprint density at radius 1 is 1.33 bits per heavy atom. The summed E-state index contributed by atoms with van der Waals surface area (Å²) in [5.41, 5.74) is 4.27. The molecule has 12 heteroatoms. The summed E-state index contributed by atoms with van der Waals surface area (Å²) in [4.78, 5) is 35.7. The van der Waals surface area contributed by atoms with E-state index in [0.29, 0.717) is 11.5 Å². The van der Waals surface area contributed by atoms with Gasteiger partial charge in [0.15, 0.2) is 0 Å². The predicted molar refractivity (Wildman–Crippen MR) is 65.3 cm³/mol. The summed E-state index contributed by atoms with van der Waals surface area (Å²) in [6.07, 6.45) is 0.586. The van der Waals surface area contributed by atoms with E-state index >= 15 is 0 Å². The molecule has 2 aliphatic rings. The Morgan fingerprint density at radius 2 is 2.00 bits per heavy atom. The van der Waals surface area contributed by atoms with Gasteiger partial charge in [-0.15, -0.1) is 4.28 Å². The quantitative estimate of drug-likeness (QED) is 0.408. The standard InChI is InChI=1S/C9H14N4O7S/c1-5(14)10-11-8(15)7-3-2-6-4-12(7)9(16)13(6)20-21(17,18)19/h6-7H,2-4H2,1H3,(H,10,14)(H,11,15)(H,17,18,19). The fourth-order valence-electron chi connectivity index (χ4n) is 2.34. The third-order valence-electron chi connectivity index (χ3n) is 3.16. The lowest BCUT2D eigenvalue weighted by Crippen LogP contribution is -2.53. The maximum absolute atomic E-state index is 12.0. The fourth-order valence-corrected chi connectivity index (χ4v) is 2.73. The van der Waals surface area contributed by atoms with Gasteiger partial charge in [-0.3, -0.25) is 25.0 Å². The van der Waals surface area contributed by atoms with Crippen molar-refractivity contribution >= 4 is 28.2 Å². The highest BCUT2D eigenvalue weighted by molar-refractivity contribution is 7.80. The van der Waals surface area contributed by atoms with Crippen LogP contribution in [0.3, 0.4) is 0 Å². The molecule has 0 aromatic heterocycles. The number of urea groups is 1. The van der Waals surface area contributed by atoms with E-state index in [9.17, 15) is 22.8 Å². The zero-order valence-corrected chi connectivity index (χ0v) is 11.8. The third-order valence-corrected chi connectivity index (χ3v) is 3.51. The number of rotatable bonds is 3. The van der Waals surface area contributed by atoms with Gasteiger partial charge in [-0.2, -0.15) is 13.5 Å². The molecule has 2 bridgehead atoms. The number of nitrogens with one attached hydrogen (secondary N) is 2. The van der Waals surface area contributed by atoms with Crippen LogP contribution in [0.15, 0.2) is 0 Å². The predicted octanol–water partition coefficient (Wildman–Crippen LogP) is -1.84. The van der Waals surface area contributed by atoms with Crippen LogP contribution in [0.4, 0.5) is 4.79 Å². The van der Waals surface area contributed by atoms with Crippen molar-refractivity contribution in [3.63, 3.8) is 0 Å². The summed E-state index contributed by atoms with van der Waals surface area (Å²) in [5, 5.41) is 0.543. The van der Waals surface area contributed by atoms with Gasteiger partial charge in [0.05, 0.1) is 6.04 Å². The first-order valence-electron chi connectivity index (χ1n) is 6.02. The number of amides is 4. The molecule has 0 radical (unpaired) electrons. The average Bonchev–Trinajstić information content (AvgIpc) is 2.60. The van der Waals surface area contributed by atoms with Crippen LogP contribution in [0.1, 0.15) is 19.8 Å². The number of fused-ring (bicyclic) bond motifs is 2. The lowest BCUT2D eigenvalue weighted by Gasteiger charge is -2.29. The summed E-state index contributed by atoms with van der Waals surface area (Å²) in [6, 6.07) is -2.25. The van der Waals surface area contributed by atoms with Crippen LogP contribution >= 0.6 is 0 Å². The smallest absolute Gasteiger partial charge is 0.309 e. The zero-order chi connectivity index (χ0) is 15.8. The molecule has 2 fully saturated rings. The minimum atomic E-state index is -4.82. The molecule has 3 N–H and O–H groups in total. The number of nitrogens with zero attached hydrogens (tertiary/aromatic N) is 2. The molecule has 11 nitrogen and oxygen atoms in total. The molecule has 0 aromatic carbocycles. The molecule has 2 aliphatic heterocycles. The van der Waals surface area contributed by atoms with Gasteiger partial charge in [-0.25, -0.2) is 4.79 Å².